The molecule has 0 atom stereocenters. The number of nitrogens with zero attached hydrogens (tertiary/aromatic N) is 1. The fourth-order valence-corrected chi connectivity index (χ4v) is 1.32. The van der Waals surface area contributed by atoms with Gasteiger partial charge < -0.3 is 0 Å². The molecular weight excluding hydrogens is 202 g/mol. The minimum Gasteiger partial charge on any atom is -0.264 e. The van der Waals surface area contributed by atoms with Gasteiger partial charge >= 0.3 is 0 Å². The van der Waals surface area contributed by atoms with Gasteiger partial charge in [0.15, 0.2) is 0 Å². The summed E-state index contributed by atoms with van der Waals surface area (Å²) in [5.41, 5.74) is 2.72. The van der Waals surface area contributed by atoms with E-state index in [0.717, 1.165) is 11.8 Å². The van der Waals surface area contributed by atoms with Gasteiger partial charge in [0.1, 0.15) is 0 Å². The Hall–Kier alpha value is -0.370. The van der Waals surface area contributed by atoms with Crippen molar-refractivity contribution in [1.82, 2.24) is 4.98 Å². The molecule has 1 rings (SSSR count). The number of aryl methyl sites for hydroxylation is 2. The normalized spacial score (nSPS) is 10.0. The second-order valence-electron chi connectivity index (χ2n) is 2.59. The van der Waals surface area contributed by atoms with Crippen LogP contribution in [-0.2, 0) is 6.42 Å². The Labute approximate surface area is 76.0 Å². The summed E-state index contributed by atoms with van der Waals surface area (Å²) in [4.78, 5) is 4.04. The smallest absolute Gasteiger partial charge is 0.0299 e. The minimum absolute atomic E-state index is 1.08. The quantitative estimate of drug-likeness (QED) is 0.705. The highest BCUT2D eigenvalue weighted by molar-refractivity contribution is 9.09. The van der Waals surface area contributed by atoms with Crippen molar-refractivity contribution in [3.05, 3.63) is 29.6 Å². The molecule has 0 radical (unpaired) electrons. The van der Waals surface area contributed by atoms with Gasteiger partial charge in [-0.15, -0.1) is 0 Å². The average Bonchev–Trinajstić information content (AvgIpc) is 2.03. The SMILES string of the molecule is Cc1cnccc1CCCBr. The van der Waals surface area contributed by atoms with Gasteiger partial charge in [-0.25, -0.2) is 0 Å². The number of hydrogen-bond acceptors (Lipinski definition) is 1. The fraction of sp³-hybridized carbons (Fsp3) is 0.444. The van der Waals surface area contributed by atoms with E-state index in [2.05, 4.69) is 33.9 Å². The zero-order chi connectivity index (χ0) is 8.10. The number of halogens is 1. The molecule has 0 saturated carbocycles. The molecular formula is C9H12BrN. The van der Waals surface area contributed by atoms with Crippen LogP contribution in [0, 0.1) is 6.92 Å². The first kappa shape index (κ1) is 8.72. The van der Waals surface area contributed by atoms with Gasteiger partial charge in [0.05, 0.1) is 0 Å². The van der Waals surface area contributed by atoms with Crippen LogP contribution >= 0.6 is 15.9 Å². The number of hydrogen-bond donors (Lipinski definition) is 0. The molecule has 0 amide bonds. The molecule has 0 aliphatic rings. The molecule has 1 heterocycles. The Bertz CT molecular complexity index is 223. The summed E-state index contributed by atoms with van der Waals surface area (Å²) >= 11 is 3.42. The average molecular weight is 214 g/mol. The molecule has 0 aliphatic heterocycles. The summed E-state index contributed by atoms with van der Waals surface area (Å²) < 4.78 is 0. The molecule has 1 aromatic heterocycles. The molecule has 0 N–H and O–H groups in total. The van der Waals surface area contributed by atoms with Crippen LogP contribution in [0.4, 0.5) is 0 Å². The maximum Gasteiger partial charge on any atom is 0.0299 e. The molecule has 60 valence electrons. The van der Waals surface area contributed by atoms with Crippen LogP contribution in [0.3, 0.4) is 0 Å². The van der Waals surface area contributed by atoms with Crippen LogP contribution in [0.5, 0.6) is 0 Å². The Balaban J connectivity index is 2.62. The summed E-state index contributed by atoms with van der Waals surface area (Å²) in [5, 5.41) is 1.08. The van der Waals surface area contributed by atoms with Crippen molar-refractivity contribution in [2.75, 3.05) is 5.33 Å². The highest BCUT2D eigenvalue weighted by Gasteiger charge is 1.95. The topological polar surface area (TPSA) is 12.9 Å². The van der Waals surface area contributed by atoms with Gasteiger partial charge in [-0.3, -0.25) is 4.98 Å². The van der Waals surface area contributed by atoms with E-state index in [1.807, 2.05) is 12.4 Å². The lowest BCUT2D eigenvalue weighted by Crippen LogP contribution is -1.90. The minimum atomic E-state index is 1.08. The van der Waals surface area contributed by atoms with Gasteiger partial charge in [-0.2, -0.15) is 0 Å². The monoisotopic (exact) mass is 213 g/mol. The molecule has 1 nitrogen and oxygen atoms in total. The third kappa shape index (κ3) is 2.62. The van der Waals surface area contributed by atoms with Crippen LogP contribution in [-0.4, -0.2) is 10.3 Å². The molecule has 0 bridgehead atoms. The zero-order valence-corrected chi connectivity index (χ0v) is 8.26. The van der Waals surface area contributed by atoms with E-state index < -0.39 is 0 Å². The predicted molar refractivity (Wildman–Crippen MR) is 51.1 cm³/mol. The van der Waals surface area contributed by atoms with E-state index in [1.165, 1.54) is 17.5 Å². The van der Waals surface area contributed by atoms with Crippen LogP contribution in [0.25, 0.3) is 0 Å². The van der Waals surface area contributed by atoms with Gasteiger partial charge in [0, 0.05) is 17.7 Å². The van der Waals surface area contributed by atoms with Crippen molar-refractivity contribution in [1.29, 1.82) is 0 Å². The Morgan fingerprint density at radius 3 is 3.00 bits per heavy atom. The van der Waals surface area contributed by atoms with Crippen LogP contribution in [0.15, 0.2) is 18.5 Å². The molecule has 2 heteroatoms. The lowest BCUT2D eigenvalue weighted by Gasteiger charge is -2.01. The maximum absolute atomic E-state index is 4.04. The molecule has 0 spiro atoms. The number of pyridine rings is 1. The van der Waals surface area contributed by atoms with Crippen molar-refractivity contribution in [3.63, 3.8) is 0 Å². The van der Waals surface area contributed by atoms with E-state index in [4.69, 9.17) is 0 Å². The summed E-state index contributed by atoms with van der Waals surface area (Å²) in [6, 6.07) is 2.10. The third-order valence-corrected chi connectivity index (χ3v) is 2.28. The number of aromatic nitrogens is 1. The fourth-order valence-electron chi connectivity index (χ4n) is 1.04. The Morgan fingerprint density at radius 2 is 2.36 bits per heavy atom. The summed E-state index contributed by atoms with van der Waals surface area (Å²) in [6.07, 6.45) is 6.13. The Kier molecular flexibility index (Phi) is 3.57. The van der Waals surface area contributed by atoms with Crippen LogP contribution < -0.4 is 0 Å². The van der Waals surface area contributed by atoms with Crippen molar-refractivity contribution in [3.8, 4) is 0 Å². The van der Waals surface area contributed by atoms with Gasteiger partial charge in [0.2, 0.25) is 0 Å². The molecule has 0 fully saturated rings. The van der Waals surface area contributed by atoms with Crippen LogP contribution in [0.1, 0.15) is 17.5 Å². The van der Waals surface area contributed by atoms with Crippen LogP contribution in [0.2, 0.25) is 0 Å². The standard InChI is InChI=1S/C9H12BrN/c1-8-7-11-6-4-9(8)3-2-5-10/h4,6-7H,2-3,5H2,1H3. The Morgan fingerprint density at radius 1 is 1.55 bits per heavy atom. The third-order valence-electron chi connectivity index (χ3n) is 1.72. The van der Waals surface area contributed by atoms with Gasteiger partial charge in [0.25, 0.3) is 0 Å². The summed E-state index contributed by atoms with van der Waals surface area (Å²) in [5.74, 6) is 0. The van der Waals surface area contributed by atoms with E-state index in [1.54, 1.807) is 0 Å². The van der Waals surface area contributed by atoms with Crippen molar-refractivity contribution >= 4 is 15.9 Å². The first-order valence-electron chi connectivity index (χ1n) is 3.80. The summed E-state index contributed by atoms with van der Waals surface area (Å²) in [6.45, 7) is 2.11. The number of alkyl halides is 1. The highest BCUT2D eigenvalue weighted by atomic mass is 79.9. The van der Waals surface area contributed by atoms with E-state index >= 15 is 0 Å². The molecule has 0 unspecified atom stereocenters. The second-order valence-corrected chi connectivity index (χ2v) is 3.39. The number of rotatable bonds is 3. The lowest BCUT2D eigenvalue weighted by molar-refractivity contribution is 0.923. The maximum atomic E-state index is 4.04. The zero-order valence-electron chi connectivity index (χ0n) is 6.68. The van der Waals surface area contributed by atoms with Crippen molar-refractivity contribution in [2.45, 2.75) is 19.8 Å². The largest absolute Gasteiger partial charge is 0.264 e. The van der Waals surface area contributed by atoms with E-state index in [-0.39, 0.29) is 0 Å². The van der Waals surface area contributed by atoms with E-state index in [0.29, 0.717) is 0 Å². The van der Waals surface area contributed by atoms with Crippen molar-refractivity contribution in [2.24, 2.45) is 0 Å². The highest BCUT2D eigenvalue weighted by Crippen LogP contribution is 2.08. The predicted octanol–water partition coefficient (Wildman–Crippen LogP) is 2.72. The molecule has 0 aliphatic carbocycles. The second kappa shape index (κ2) is 4.50. The molecule has 0 aromatic carbocycles. The van der Waals surface area contributed by atoms with Gasteiger partial charge in [-0.1, -0.05) is 15.9 Å². The molecule has 1 aromatic rings. The van der Waals surface area contributed by atoms with Crippen molar-refractivity contribution < 1.29 is 0 Å². The first-order valence-corrected chi connectivity index (χ1v) is 4.92. The van der Waals surface area contributed by atoms with Gasteiger partial charge in [-0.05, 0) is 37.0 Å². The molecule has 11 heavy (non-hydrogen) atoms. The lowest BCUT2D eigenvalue weighted by atomic mass is 10.1. The summed E-state index contributed by atoms with van der Waals surface area (Å²) in [7, 11) is 0. The first-order chi connectivity index (χ1) is 5.34. The molecule has 0 saturated heterocycles. The van der Waals surface area contributed by atoms with E-state index in [9.17, 15) is 0 Å².